The summed E-state index contributed by atoms with van der Waals surface area (Å²) in [6, 6.07) is 11.5. The normalized spacial score (nSPS) is 14.7. The predicted molar refractivity (Wildman–Crippen MR) is 119 cm³/mol. The number of nitrogens with one attached hydrogen (secondary N) is 1. The van der Waals surface area contributed by atoms with Gasteiger partial charge in [0.15, 0.2) is 0 Å². The molecule has 1 N–H and O–H groups in total. The second-order valence-corrected chi connectivity index (χ2v) is 7.71. The first-order valence-electron chi connectivity index (χ1n) is 10.9. The van der Waals surface area contributed by atoms with Crippen LogP contribution in [0.3, 0.4) is 0 Å². The van der Waals surface area contributed by atoms with Crippen LogP contribution in [0.5, 0.6) is 0 Å². The predicted octanol–water partition coefficient (Wildman–Crippen LogP) is 2.87. The number of pyridine rings is 1. The van der Waals surface area contributed by atoms with Gasteiger partial charge in [-0.3, -0.25) is 9.59 Å². The molecule has 0 aliphatic carbocycles. The Kier molecular flexibility index (Phi) is 8.60. The van der Waals surface area contributed by atoms with Crippen molar-refractivity contribution in [3.63, 3.8) is 0 Å². The van der Waals surface area contributed by atoms with Crippen molar-refractivity contribution in [2.75, 3.05) is 25.1 Å². The molecule has 1 aromatic heterocycles. The van der Waals surface area contributed by atoms with E-state index in [0.29, 0.717) is 5.56 Å². The summed E-state index contributed by atoms with van der Waals surface area (Å²) in [6.45, 7) is 1.94. The van der Waals surface area contributed by atoms with Gasteiger partial charge in [0, 0.05) is 19.3 Å². The molecule has 1 unspecified atom stereocenters. The number of hydrogen-bond donors (Lipinski definition) is 1. The van der Waals surface area contributed by atoms with Crippen LogP contribution in [0, 0.1) is 0 Å². The first kappa shape index (κ1) is 23.2. The van der Waals surface area contributed by atoms with Crippen LogP contribution in [-0.4, -0.2) is 49.1 Å². The summed E-state index contributed by atoms with van der Waals surface area (Å²) in [7, 11) is 1.22. The van der Waals surface area contributed by atoms with E-state index in [1.165, 1.54) is 26.1 Å². The lowest BCUT2D eigenvalue weighted by Gasteiger charge is -2.21. The molecule has 2 aromatic rings. The number of esters is 2. The first-order chi connectivity index (χ1) is 15.6. The number of carbonyl (C=O) groups excluding carboxylic acids is 3. The fraction of sp³-hybridized carbons (Fsp3) is 0.417. The van der Waals surface area contributed by atoms with E-state index in [9.17, 15) is 14.4 Å². The van der Waals surface area contributed by atoms with E-state index in [1.807, 2.05) is 36.4 Å². The van der Waals surface area contributed by atoms with Gasteiger partial charge in [0.05, 0.1) is 19.1 Å². The Morgan fingerprint density at radius 2 is 1.75 bits per heavy atom. The molecule has 0 radical (unpaired) electrons. The first-order valence-corrected chi connectivity index (χ1v) is 10.9. The Hall–Kier alpha value is -3.42. The molecule has 2 heterocycles. The third-order valence-corrected chi connectivity index (χ3v) is 5.35. The molecule has 8 nitrogen and oxygen atoms in total. The lowest BCUT2D eigenvalue weighted by Crippen LogP contribution is -2.43. The van der Waals surface area contributed by atoms with Crippen molar-refractivity contribution in [3.05, 3.63) is 59.8 Å². The summed E-state index contributed by atoms with van der Waals surface area (Å²) in [6.07, 6.45) is 5.86. The summed E-state index contributed by atoms with van der Waals surface area (Å²) in [5, 5.41) is 2.58. The molecule has 0 bridgehead atoms. The van der Waals surface area contributed by atoms with Crippen LogP contribution in [0.2, 0.25) is 0 Å². The monoisotopic (exact) mass is 439 g/mol. The van der Waals surface area contributed by atoms with Crippen LogP contribution < -0.4 is 10.2 Å². The van der Waals surface area contributed by atoms with Crippen molar-refractivity contribution in [3.8, 4) is 0 Å². The summed E-state index contributed by atoms with van der Waals surface area (Å²) in [4.78, 5) is 43.7. The lowest BCUT2D eigenvalue weighted by atomic mass is 10.1. The Labute approximate surface area is 187 Å². The number of nitrogens with zero attached hydrogens (tertiary/aromatic N) is 2. The van der Waals surface area contributed by atoms with E-state index in [0.717, 1.165) is 37.3 Å². The highest BCUT2D eigenvalue weighted by Gasteiger charge is 2.26. The van der Waals surface area contributed by atoms with Crippen molar-refractivity contribution in [1.82, 2.24) is 10.3 Å². The van der Waals surface area contributed by atoms with Gasteiger partial charge in [0.25, 0.3) is 5.91 Å². The zero-order valence-electron chi connectivity index (χ0n) is 18.3. The molecular formula is C24H29N3O5. The van der Waals surface area contributed by atoms with E-state index in [2.05, 4.69) is 19.9 Å². The van der Waals surface area contributed by atoms with Crippen molar-refractivity contribution in [1.29, 1.82) is 0 Å². The fourth-order valence-corrected chi connectivity index (χ4v) is 3.52. The Balaban J connectivity index is 1.63. The number of hydrogen-bond acceptors (Lipinski definition) is 7. The maximum Gasteiger partial charge on any atom is 0.329 e. The van der Waals surface area contributed by atoms with Gasteiger partial charge in [-0.1, -0.05) is 43.2 Å². The molecule has 32 heavy (non-hydrogen) atoms. The van der Waals surface area contributed by atoms with E-state index >= 15 is 0 Å². The van der Waals surface area contributed by atoms with Crippen molar-refractivity contribution >= 4 is 23.7 Å². The van der Waals surface area contributed by atoms with Crippen molar-refractivity contribution in [2.45, 2.75) is 44.8 Å². The van der Waals surface area contributed by atoms with Crippen LogP contribution in [-0.2, 0) is 25.7 Å². The van der Waals surface area contributed by atoms with E-state index in [1.54, 1.807) is 6.07 Å². The standard InChI is InChI=1S/C24H29N3O5/c1-31-22(28)15-20(24(30)32-17-18-9-5-4-6-10-18)26-23(29)19-11-12-21(25-16-19)27-13-7-2-3-8-14-27/h4-6,9-12,16,20H,2-3,7-8,13-15,17H2,1H3,(H,26,29). The van der Waals surface area contributed by atoms with Crippen LogP contribution in [0.25, 0.3) is 0 Å². The van der Waals surface area contributed by atoms with E-state index in [4.69, 9.17) is 4.74 Å². The number of carbonyl (C=O) groups is 3. The highest BCUT2D eigenvalue weighted by molar-refractivity contribution is 5.97. The van der Waals surface area contributed by atoms with Gasteiger partial charge in [-0.15, -0.1) is 0 Å². The van der Waals surface area contributed by atoms with Gasteiger partial charge in [0.1, 0.15) is 18.5 Å². The average molecular weight is 440 g/mol. The summed E-state index contributed by atoms with van der Waals surface area (Å²) in [5.74, 6) is -1.01. The number of methoxy groups -OCH3 is 1. The molecule has 1 fully saturated rings. The third kappa shape index (κ3) is 6.80. The highest BCUT2D eigenvalue weighted by atomic mass is 16.5. The maximum atomic E-state index is 12.7. The largest absolute Gasteiger partial charge is 0.469 e. The minimum atomic E-state index is -1.16. The van der Waals surface area contributed by atoms with E-state index in [-0.39, 0.29) is 13.0 Å². The van der Waals surface area contributed by atoms with Crippen LogP contribution in [0.1, 0.15) is 48.0 Å². The van der Waals surface area contributed by atoms with Crippen LogP contribution in [0.15, 0.2) is 48.7 Å². The number of ether oxygens (including phenoxy) is 2. The van der Waals surface area contributed by atoms with Gasteiger partial charge in [-0.25, -0.2) is 9.78 Å². The number of anilines is 1. The second-order valence-electron chi connectivity index (χ2n) is 7.71. The molecule has 1 atom stereocenters. The molecular weight excluding hydrogens is 410 g/mol. The fourth-order valence-electron chi connectivity index (χ4n) is 3.52. The number of amides is 1. The molecule has 1 amide bonds. The van der Waals surface area contributed by atoms with E-state index < -0.39 is 23.9 Å². The number of benzene rings is 1. The van der Waals surface area contributed by atoms with Crippen molar-refractivity contribution in [2.24, 2.45) is 0 Å². The third-order valence-electron chi connectivity index (χ3n) is 5.35. The Morgan fingerprint density at radius 1 is 1.03 bits per heavy atom. The lowest BCUT2D eigenvalue weighted by molar-refractivity contribution is -0.152. The molecule has 0 saturated carbocycles. The molecule has 1 saturated heterocycles. The molecule has 8 heteroatoms. The topological polar surface area (TPSA) is 97.8 Å². The molecule has 3 rings (SSSR count). The molecule has 170 valence electrons. The average Bonchev–Trinajstić information content (AvgIpc) is 3.12. The quantitative estimate of drug-likeness (QED) is 0.632. The van der Waals surface area contributed by atoms with Crippen molar-refractivity contribution < 1.29 is 23.9 Å². The Morgan fingerprint density at radius 3 is 2.38 bits per heavy atom. The summed E-state index contributed by atoms with van der Waals surface area (Å²) < 4.78 is 9.96. The molecule has 0 spiro atoms. The van der Waals surface area contributed by atoms with Crippen LogP contribution >= 0.6 is 0 Å². The zero-order valence-corrected chi connectivity index (χ0v) is 18.3. The SMILES string of the molecule is COC(=O)CC(NC(=O)c1ccc(N2CCCCCC2)nc1)C(=O)OCc1ccccc1. The smallest absolute Gasteiger partial charge is 0.329 e. The summed E-state index contributed by atoms with van der Waals surface area (Å²) in [5.41, 5.74) is 1.10. The van der Waals surface area contributed by atoms with Gasteiger partial charge >= 0.3 is 11.9 Å². The number of rotatable bonds is 8. The van der Waals surface area contributed by atoms with Gasteiger partial charge < -0.3 is 19.7 Å². The molecule has 1 aromatic carbocycles. The minimum absolute atomic E-state index is 0.0410. The second kappa shape index (κ2) is 11.8. The maximum absolute atomic E-state index is 12.7. The summed E-state index contributed by atoms with van der Waals surface area (Å²) >= 11 is 0. The zero-order chi connectivity index (χ0) is 22.8. The Bertz CT molecular complexity index is 894. The van der Waals surface area contributed by atoms with Gasteiger partial charge in [-0.2, -0.15) is 0 Å². The van der Waals surface area contributed by atoms with Gasteiger partial charge in [0.2, 0.25) is 0 Å². The highest BCUT2D eigenvalue weighted by Crippen LogP contribution is 2.17. The molecule has 1 aliphatic rings. The minimum Gasteiger partial charge on any atom is -0.469 e. The van der Waals surface area contributed by atoms with Crippen LogP contribution in [0.4, 0.5) is 5.82 Å². The number of aromatic nitrogens is 1. The van der Waals surface area contributed by atoms with Gasteiger partial charge in [-0.05, 0) is 30.5 Å². The molecule has 1 aliphatic heterocycles.